The van der Waals surface area contributed by atoms with Gasteiger partial charge in [-0.05, 0) is 29.5 Å². The second kappa shape index (κ2) is 6.81. The molecule has 0 atom stereocenters. The fourth-order valence-electron chi connectivity index (χ4n) is 3.97. The normalized spacial score (nSPS) is 14.8. The Morgan fingerprint density at radius 3 is 1.74 bits per heavy atom. The predicted molar refractivity (Wildman–Crippen MR) is 108 cm³/mol. The molecular formula is C25H20O2. The number of fused-ring (bicyclic) bond motifs is 1. The van der Waals surface area contributed by atoms with Crippen LogP contribution in [0.2, 0.25) is 0 Å². The largest absolute Gasteiger partial charge is 0.293 e. The van der Waals surface area contributed by atoms with Crippen molar-refractivity contribution in [2.75, 3.05) is 0 Å². The third-order valence-corrected chi connectivity index (χ3v) is 5.33. The molecule has 0 heterocycles. The Morgan fingerprint density at radius 2 is 1.19 bits per heavy atom. The van der Waals surface area contributed by atoms with Crippen LogP contribution in [0.15, 0.2) is 91.5 Å². The summed E-state index contributed by atoms with van der Waals surface area (Å²) in [6.07, 6.45) is 0.699. The molecule has 0 aromatic heterocycles. The number of allylic oxidation sites excluding steroid dienone is 1. The van der Waals surface area contributed by atoms with Crippen molar-refractivity contribution in [1.82, 2.24) is 0 Å². The first-order valence-corrected chi connectivity index (χ1v) is 9.07. The van der Waals surface area contributed by atoms with Crippen LogP contribution >= 0.6 is 0 Å². The summed E-state index contributed by atoms with van der Waals surface area (Å²) in [6.45, 7) is 4.20. The number of hydrogen-bond acceptors (Lipinski definition) is 2. The highest BCUT2D eigenvalue weighted by atomic mass is 16.2. The first-order chi connectivity index (χ1) is 13.1. The Bertz CT molecular complexity index is 981. The van der Waals surface area contributed by atoms with Gasteiger partial charge in [0.05, 0.1) is 0 Å². The average molecular weight is 352 g/mol. The highest BCUT2D eigenvalue weighted by molar-refractivity contribution is 6.30. The number of rotatable bonds is 5. The van der Waals surface area contributed by atoms with Crippen LogP contribution < -0.4 is 0 Å². The van der Waals surface area contributed by atoms with Crippen molar-refractivity contribution in [3.8, 4) is 0 Å². The van der Waals surface area contributed by atoms with Crippen LogP contribution in [0.25, 0.3) is 5.57 Å². The molecule has 0 spiro atoms. The fraction of sp³-hybridized carbons (Fsp3) is 0.120. The Balaban J connectivity index is 1.78. The third kappa shape index (κ3) is 2.93. The minimum absolute atomic E-state index is 0.0935. The monoisotopic (exact) mass is 352 g/mol. The molecule has 0 saturated carbocycles. The van der Waals surface area contributed by atoms with E-state index < -0.39 is 5.41 Å². The van der Waals surface area contributed by atoms with Gasteiger partial charge < -0.3 is 0 Å². The Morgan fingerprint density at radius 1 is 0.704 bits per heavy atom. The maximum absolute atomic E-state index is 13.4. The number of Topliss-reactive ketones (excluding diaryl/α,β-unsaturated/α-hetero) is 2. The number of carbonyl (C=O) groups excluding carboxylic acids is 2. The summed E-state index contributed by atoms with van der Waals surface area (Å²) in [5.74, 6) is -0.187. The van der Waals surface area contributed by atoms with Gasteiger partial charge in [-0.2, -0.15) is 0 Å². The van der Waals surface area contributed by atoms with Crippen molar-refractivity contribution in [2.24, 2.45) is 5.41 Å². The molecule has 0 aliphatic heterocycles. The first-order valence-electron chi connectivity index (χ1n) is 9.07. The number of carbonyl (C=O) groups is 2. The van der Waals surface area contributed by atoms with Gasteiger partial charge in [0.2, 0.25) is 0 Å². The van der Waals surface area contributed by atoms with Crippen LogP contribution in [0.5, 0.6) is 0 Å². The summed E-state index contributed by atoms with van der Waals surface area (Å²) in [5, 5.41) is 0. The SMILES string of the molecule is C=C(CC1(Cc2ccccc2)C(=O)c2ccccc2C1=O)c1ccccc1. The molecule has 0 amide bonds. The Hall–Kier alpha value is -3.26. The highest BCUT2D eigenvalue weighted by Crippen LogP contribution is 2.45. The second-order valence-corrected chi connectivity index (χ2v) is 7.09. The van der Waals surface area contributed by atoms with Gasteiger partial charge in [-0.25, -0.2) is 0 Å². The van der Waals surface area contributed by atoms with Crippen LogP contribution in [-0.2, 0) is 6.42 Å². The lowest BCUT2D eigenvalue weighted by molar-refractivity contribution is 0.0702. The summed E-state index contributed by atoms with van der Waals surface area (Å²) < 4.78 is 0. The standard InChI is InChI=1S/C25H20O2/c1-18(20-12-6-3-7-13-20)16-25(17-19-10-4-2-5-11-19)23(26)21-14-8-9-15-22(21)24(25)27/h2-15H,1,16-17H2. The Labute approximate surface area is 159 Å². The zero-order valence-electron chi connectivity index (χ0n) is 15.0. The van der Waals surface area contributed by atoms with E-state index in [1.165, 1.54) is 0 Å². The van der Waals surface area contributed by atoms with Crippen LogP contribution in [-0.4, -0.2) is 11.6 Å². The molecule has 3 aromatic carbocycles. The predicted octanol–water partition coefficient (Wildman–Crippen LogP) is 5.40. The van der Waals surface area contributed by atoms with E-state index in [4.69, 9.17) is 0 Å². The molecule has 3 aromatic rings. The molecule has 0 radical (unpaired) electrons. The maximum Gasteiger partial charge on any atom is 0.178 e. The van der Waals surface area contributed by atoms with Crippen LogP contribution in [0, 0.1) is 5.41 Å². The van der Waals surface area contributed by atoms with Crippen molar-refractivity contribution in [1.29, 1.82) is 0 Å². The summed E-state index contributed by atoms with van der Waals surface area (Å²) in [4.78, 5) is 26.9. The van der Waals surface area contributed by atoms with Gasteiger partial charge >= 0.3 is 0 Å². The topological polar surface area (TPSA) is 34.1 Å². The molecule has 1 aliphatic carbocycles. The second-order valence-electron chi connectivity index (χ2n) is 7.09. The fourth-order valence-corrected chi connectivity index (χ4v) is 3.97. The lowest BCUT2D eigenvalue weighted by Gasteiger charge is -2.27. The first kappa shape index (κ1) is 17.2. The molecule has 132 valence electrons. The third-order valence-electron chi connectivity index (χ3n) is 5.33. The van der Waals surface area contributed by atoms with Crippen molar-refractivity contribution >= 4 is 17.1 Å². The quantitative estimate of drug-likeness (QED) is 0.576. The summed E-state index contributed by atoms with van der Waals surface area (Å²) in [6, 6.07) is 26.7. The highest BCUT2D eigenvalue weighted by Gasteiger charge is 2.52. The van der Waals surface area contributed by atoms with Gasteiger partial charge in [-0.1, -0.05) is 91.5 Å². The lowest BCUT2D eigenvalue weighted by atomic mass is 9.72. The average Bonchev–Trinajstić information content (AvgIpc) is 2.92. The maximum atomic E-state index is 13.4. The van der Waals surface area contributed by atoms with E-state index in [2.05, 4.69) is 6.58 Å². The molecule has 0 fully saturated rings. The summed E-state index contributed by atoms with van der Waals surface area (Å²) in [5.41, 5.74) is 2.67. The van der Waals surface area contributed by atoms with Crippen molar-refractivity contribution < 1.29 is 9.59 Å². The molecule has 1 aliphatic rings. The van der Waals surface area contributed by atoms with E-state index in [9.17, 15) is 9.59 Å². The van der Waals surface area contributed by atoms with Crippen molar-refractivity contribution in [2.45, 2.75) is 12.8 Å². The number of ketones is 2. The van der Waals surface area contributed by atoms with Crippen LogP contribution in [0.1, 0.15) is 38.3 Å². The molecule has 4 rings (SSSR count). The molecule has 0 unspecified atom stereocenters. The van der Waals surface area contributed by atoms with Crippen molar-refractivity contribution in [3.05, 3.63) is 114 Å². The molecule has 0 N–H and O–H groups in total. The molecule has 27 heavy (non-hydrogen) atoms. The zero-order valence-corrected chi connectivity index (χ0v) is 15.0. The molecule has 2 nitrogen and oxygen atoms in total. The van der Waals surface area contributed by atoms with Crippen molar-refractivity contribution in [3.63, 3.8) is 0 Å². The minimum Gasteiger partial charge on any atom is -0.293 e. The van der Waals surface area contributed by atoms with Gasteiger partial charge in [-0.3, -0.25) is 9.59 Å². The van der Waals surface area contributed by atoms with E-state index in [1.54, 1.807) is 12.1 Å². The molecule has 2 heteroatoms. The van der Waals surface area contributed by atoms with E-state index in [1.807, 2.05) is 72.8 Å². The lowest BCUT2D eigenvalue weighted by Crippen LogP contribution is -2.36. The number of hydrogen-bond donors (Lipinski definition) is 0. The summed E-state index contributed by atoms with van der Waals surface area (Å²) >= 11 is 0. The van der Waals surface area contributed by atoms with Crippen LogP contribution in [0.4, 0.5) is 0 Å². The van der Waals surface area contributed by atoms with E-state index in [0.29, 0.717) is 24.0 Å². The number of benzene rings is 3. The van der Waals surface area contributed by atoms with Gasteiger partial charge in [0.25, 0.3) is 0 Å². The van der Waals surface area contributed by atoms with Gasteiger partial charge in [0.1, 0.15) is 5.41 Å². The smallest absolute Gasteiger partial charge is 0.178 e. The van der Waals surface area contributed by atoms with Gasteiger partial charge in [-0.15, -0.1) is 0 Å². The summed E-state index contributed by atoms with van der Waals surface area (Å²) in [7, 11) is 0. The molecule has 0 saturated heterocycles. The van der Waals surface area contributed by atoms with Crippen LogP contribution in [0.3, 0.4) is 0 Å². The van der Waals surface area contributed by atoms with E-state index in [-0.39, 0.29) is 11.6 Å². The Kier molecular flexibility index (Phi) is 4.33. The minimum atomic E-state index is -1.13. The van der Waals surface area contributed by atoms with E-state index >= 15 is 0 Å². The van der Waals surface area contributed by atoms with Gasteiger partial charge in [0.15, 0.2) is 11.6 Å². The van der Waals surface area contributed by atoms with Gasteiger partial charge in [0, 0.05) is 11.1 Å². The van der Waals surface area contributed by atoms with E-state index in [0.717, 1.165) is 16.7 Å². The molecular weight excluding hydrogens is 332 g/mol. The molecule has 0 bridgehead atoms. The zero-order chi connectivity index (χ0) is 18.9.